The van der Waals surface area contributed by atoms with Gasteiger partial charge in [-0.05, 0) is 81.6 Å². The van der Waals surface area contributed by atoms with Crippen LogP contribution in [0.1, 0.15) is 45.1 Å². The lowest BCUT2D eigenvalue weighted by molar-refractivity contribution is -0.571. The van der Waals surface area contributed by atoms with Crippen molar-refractivity contribution in [3.05, 3.63) is 54.1 Å². The minimum absolute atomic E-state index is 0.0596. The molecular formula is C24H31N2O3+. The topological polar surface area (TPSA) is 44.9 Å². The van der Waals surface area contributed by atoms with Crippen molar-refractivity contribution in [3.63, 3.8) is 0 Å². The van der Waals surface area contributed by atoms with E-state index in [9.17, 15) is 5.11 Å². The van der Waals surface area contributed by atoms with E-state index in [1.165, 1.54) is 12.3 Å². The minimum Gasteiger partial charge on any atom is -0.497 e. The van der Waals surface area contributed by atoms with E-state index < -0.39 is 5.72 Å². The molecule has 0 bridgehead atoms. The summed E-state index contributed by atoms with van der Waals surface area (Å²) in [7, 11) is 1.67. The monoisotopic (exact) mass is 395 g/mol. The first-order chi connectivity index (χ1) is 14.1. The molecule has 5 nitrogen and oxygen atoms in total. The molecule has 2 aromatic rings. The number of ether oxygens (including phenoxy) is 2. The standard InChI is InChI=1S/C24H31N2O3/c1-4-29-22-13-9-19(10-14-22)24(27)18(2)25-17-7-5-6-8-23(25)26(24)20-11-15-21(28-3)16-12-20/h9-16,18,27H,4-8,17H2,1-3H3/q+1/t18-,24-/m0/s1. The van der Waals surface area contributed by atoms with Crippen molar-refractivity contribution in [2.24, 2.45) is 0 Å². The Morgan fingerprint density at radius 3 is 2.38 bits per heavy atom. The summed E-state index contributed by atoms with van der Waals surface area (Å²) < 4.78 is 13.3. The highest BCUT2D eigenvalue weighted by Crippen LogP contribution is 2.42. The molecule has 2 atom stereocenters. The van der Waals surface area contributed by atoms with Crippen LogP contribution in [0.3, 0.4) is 0 Å². The number of anilines is 1. The molecule has 154 valence electrons. The van der Waals surface area contributed by atoms with E-state index in [-0.39, 0.29) is 6.04 Å². The van der Waals surface area contributed by atoms with Gasteiger partial charge in [0, 0.05) is 12.0 Å². The maximum absolute atomic E-state index is 12.2. The van der Waals surface area contributed by atoms with Gasteiger partial charge in [-0.3, -0.25) is 4.58 Å². The molecule has 0 spiro atoms. The summed E-state index contributed by atoms with van der Waals surface area (Å²) >= 11 is 0. The van der Waals surface area contributed by atoms with Crippen molar-refractivity contribution in [1.29, 1.82) is 0 Å². The van der Waals surface area contributed by atoms with Gasteiger partial charge in [-0.2, -0.15) is 4.90 Å². The van der Waals surface area contributed by atoms with Gasteiger partial charge in [0.1, 0.15) is 17.2 Å². The van der Waals surface area contributed by atoms with E-state index in [1.54, 1.807) is 7.11 Å². The highest BCUT2D eigenvalue weighted by Gasteiger charge is 2.59. The number of hydrogen-bond acceptors (Lipinski definition) is 4. The maximum Gasteiger partial charge on any atom is 0.278 e. The minimum atomic E-state index is -1.15. The Morgan fingerprint density at radius 1 is 1.03 bits per heavy atom. The van der Waals surface area contributed by atoms with Gasteiger partial charge in [-0.15, -0.1) is 0 Å². The lowest BCUT2D eigenvalue weighted by Crippen LogP contribution is -2.51. The molecule has 2 aliphatic rings. The lowest BCUT2D eigenvalue weighted by Gasteiger charge is -2.32. The Balaban J connectivity index is 1.81. The van der Waals surface area contributed by atoms with E-state index in [0.29, 0.717) is 6.61 Å². The molecule has 0 fully saturated rings. The van der Waals surface area contributed by atoms with Crippen LogP contribution in [0.15, 0.2) is 48.5 Å². The van der Waals surface area contributed by atoms with Crippen molar-refractivity contribution in [2.75, 3.05) is 25.2 Å². The molecule has 0 aliphatic carbocycles. The van der Waals surface area contributed by atoms with Gasteiger partial charge in [0.05, 0.1) is 20.3 Å². The highest BCUT2D eigenvalue weighted by molar-refractivity contribution is 5.97. The first kappa shape index (κ1) is 19.8. The molecule has 0 radical (unpaired) electrons. The van der Waals surface area contributed by atoms with Gasteiger partial charge in [0.25, 0.3) is 11.6 Å². The van der Waals surface area contributed by atoms with Crippen LogP contribution < -0.4 is 14.4 Å². The van der Waals surface area contributed by atoms with Crippen molar-refractivity contribution < 1.29 is 19.2 Å². The summed E-state index contributed by atoms with van der Waals surface area (Å²) in [6, 6.07) is 15.8. The molecule has 0 unspecified atom stereocenters. The fraction of sp³-hybridized carbons (Fsp3) is 0.458. The summed E-state index contributed by atoms with van der Waals surface area (Å²) in [6.07, 6.45) is 4.49. The van der Waals surface area contributed by atoms with E-state index in [2.05, 4.69) is 16.4 Å². The zero-order chi connectivity index (χ0) is 20.4. The Morgan fingerprint density at radius 2 is 1.72 bits per heavy atom. The number of benzene rings is 2. The predicted octanol–water partition coefficient (Wildman–Crippen LogP) is 4.13. The largest absolute Gasteiger partial charge is 0.497 e. The van der Waals surface area contributed by atoms with Gasteiger partial charge in [-0.1, -0.05) is 0 Å². The molecule has 0 aromatic heterocycles. The van der Waals surface area contributed by atoms with Crippen molar-refractivity contribution in [3.8, 4) is 11.5 Å². The van der Waals surface area contributed by atoms with Crippen LogP contribution in [0.25, 0.3) is 0 Å². The quantitative estimate of drug-likeness (QED) is 0.773. The third kappa shape index (κ3) is 3.38. The summed E-state index contributed by atoms with van der Waals surface area (Å²) in [4.78, 5) is 2.14. The van der Waals surface area contributed by atoms with Crippen LogP contribution in [0.4, 0.5) is 5.69 Å². The zero-order valence-electron chi connectivity index (χ0n) is 17.6. The van der Waals surface area contributed by atoms with Crippen LogP contribution in [-0.2, 0) is 5.72 Å². The van der Waals surface area contributed by atoms with Gasteiger partial charge in [-0.25, -0.2) is 0 Å². The maximum atomic E-state index is 12.2. The van der Waals surface area contributed by atoms with Crippen molar-refractivity contribution >= 4 is 11.5 Å². The molecule has 2 aromatic carbocycles. The molecule has 4 rings (SSSR count). The average Bonchev–Trinajstić information content (AvgIpc) is 2.89. The number of rotatable bonds is 5. The number of aliphatic hydroxyl groups is 1. The Hall–Kier alpha value is -2.53. The van der Waals surface area contributed by atoms with Gasteiger partial charge in [0.15, 0.2) is 6.04 Å². The molecule has 0 saturated heterocycles. The fourth-order valence-electron chi connectivity index (χ4n) is 4.68. The van der Waals surface area contributed by atoms with Crippen LogP contribution in [0.5, 0.6) is 11.5 Å². The van der Waals surface area contributed by atoms with Gasteiger partial charge >= 0.3 is 0 Å². The molecule has 2 aliphatic heterocycles. The Bertz CT molecular complexity index is 876. The fourth-order valence-corrected chi connectivity index (χ4v) is 4.68. The third-order valence-electron chi connectivity index (χ3n) is 6.20. The SMILES string of the molecule is CCOc1ccc([C@@]2(O)[C@H](C)[N+]3=C(CCCCC3)N2c2ccc(OC)cc2)cc1. The second-order valence-electron chi connectivity index (χ2n) is 7.81. The average molecular weight is 396 g/mol. The molecular weight excluding hydrogens is 364 g/mol. The van der Waals surface area contributed by atoms with Gasteiger partial charge < -0.3 is 14.6 Å². The van der Waals surface area contributed by atoms with Crippen molar-refractivity contribution in [2.45, 2.75) is 51.3 Å². The lowest BCUT2D eigenvalue weighted by atomic mass is 9.93. The van der Waals surface area contributed by atoms with Crippen LogP contribution in [0.2, 0.25) is 0 Å². The Labute approximate surface area is 173 Å². The number of hydrogen-bond donors (Lipinski definition) is 1. The van der Waals surface area contributed by atoms with Crippen molar-refractivity contribution in [1.82, 2.24) is 0 Å². The Kier molecular flexibility index (Phi) is 5.50. The van der Waals surface area contributed by atoms with E-state index in [4.69, 9.17) is 9.47 Å². The predicted molar refractivity (Wildman–Crippen MR) is 115 cm³/mol. The zero-order valence-corrected chi connectivity index (χ0v) is 17.6. The molecule has 0 amide bonds. The second kappa shape index (κ2) is 8.07. The molecule has 5 heteroatoms. The van der Waals surface area contributed by atoms with Crippen LogP contribution >= 0.6 is 0 Å². The van der Waals surface area contributed by atoms with E-state index >= 15 is 0 Å². The second-order valence-corrected chi connectivity index (χ2v) is 7.81. The molecule has 29 heavy (non-hydrogen) atoms. The van der Waals surface area contributed by atoms with Gasteiger partial charge in [0.2, 0.25) is 0 Å². The van der Waals surface area contributed by atoms with E-state index in [0.717, 1.165) is 48.6 Å². The molecule has 1 N–H and O–H groups in total. The summed E-state index contributed by atoms with van der Waals surface area (Å²) in [5.41, 5.74) is 0.713. The summed E-state index contributed by atoms with van der Waals surface area (Å²) in [5.74, 6) is 2.84. The number of nitrogens with zero attached hydrogens (tertiary/aromatic N) is 2. The normalized spacial score (nSPS) is 24.3. The summed E-state index contributed by atoms with van der Waals surface area (Å²) in [5, 5.41) is 12.2. The van der Waals surface area contributed by atoms with Crippen LogP contribution in [0, 0.1) is 0 Å². The van der Waals surface area contributed by atoms with E-state index in [1.807, 2.05) is 55.5 Å². The molecule has 0 saturated carbocycles. The first-order valence-corrected chi connectivity index (χ1v) is 10.6. The first-order valence-electron chi connectivity index (χ1n) is 10.6. The summed E-state index contributed by atoms with van der Waals surface area (Å²) in [6.45, 7) is 5.71. The number of methoxy groups -OCH3 is 1. The number of amidine groups is 1. The smallest absolute Gasteiger partial charge is 0.278 e. The molecule has 2 heterocycles. The third-order valence-corrected chi connectivity index (χ3v) is 6.20. The van der Waals surface area contributed by atoms with Crippen LogP contribution in [-0.4, -0.2) is 41.8 Å². The highest BCUT2D eigenvalue weighted by atomic mass is 16.5.